The summed E-state index contributed by atoms with van der Waals surface area (Å²) in [6.07, 6.45) is 6.37. The summed E-state index contributed by atoms with van der Waals surface area (Å²) in [6, 6.07) is 0. The van der Waals surface area contributed by atoms with Crippen LogP contribution in [-0.2, 0) is 11.3 Å². The van der Waals surface area contributed by atoms with Gasteiger partial charge in [0.25, 0.3) is 0 Å². The number of guanidine groups is 1. The molecule has 0 aromatic carbocycles. The molecule has 0 aliphatic heterocycles. The normalized spacial score (nSPS) is 17.2. The van der Waals surface area contributed by atoms with Crippen LogP contribution in [0.1, 0.15) is 69.5 Å². The van der Waals surface area contributed by atoms with Crippen LogP contribution in [0.5, 0.6) is 0 Å². The smallest absolute Gasteiger partial charge is 0.191 e. The summed E-state index contributed by atoms with van der Waals surface area (Å²) in [4.78, 5) is 9.05. The van der Waals surface area contributed by atoms with Crippen LogP contribution in [0.4, 0.5) is 0 Å². The molecule has 25 heavy (non-hydrogen) atoms. The van der Waals surface area contributed by atoms with Crippen LogP contribution >= 0.6 is 11.3 Å². The van der Waals surface area contributed by atoms with E-state index in [2.05, 4.69) is 46.8 Å². The molecule has 0 spiro atoms. The summed E-state index contributed by atoms with van der Waals surface area (Å²) in [5.41, 5.74) is 1.53. The molecule has 0 saturated heterocycles. The van der Waals surface area contributed by atoms with Crippen molar-refractivity contribution in [2.75, 3.05) is 26.8 Å². The van der Waals surface area contributed by atoms with Gasteiger partial charge in [0.1, 0.15) is 5.01 Å². The third kappa shape index (κ3) is 6.26. The highest BCUT2D eigenvalue weighted by atomic mass is 32.1. The highest BCUT2D eigenvalue weighted by Crippen LogP contribution is 2.40. The molecular weight excluding hydrogens is 332 g/mol. The highest BCUT2D eigenvalue weighted by molar-refractivity contribution is 7.09. The number of aromatic nitrogens is 1. The number of rotatable bonds is 9. The molecule has 0 unspecified atom stereocenters. The summed E-state index contributed by atoms with van der Waals surface area (Å²) in [6.45, 7) is 9.78. The molecule has 1 aromatic rings. The summed E-state index contributed by atoms with van der Waals surface area (Å²) in [7, 11) is 1.83. The SMILES string of the molecule is CCOCCC1(CNC(=NC)NCc2nc(C(C)C)cs2)CCCC1. The lowest BCUT2D eigenvalue weighted by Crippen LogP contribution is -2.43. The Morgan fingerprint density at radius 1 is 1.36 bits per heavy atom. The predicted octanol–water partition coefficient (Wildman–Crippen LogP) is 3.92. The zero-order valence-electron chi connectivity index (χ0n) is 16.2. The van der Waals surface area contributed by atoms with Crippen LogP contribution in [0.15, 0.2) is 10.4 Å². The van der Waals surface area contributed by atoms with E-state index in [9.17, 15) is 0 Å². The van der Waals surface area contributed by atoms with Crippen molar-refractivity contribution in [1.29, 1.82) is 0 Å². The second-order valence-corrected chi connectivity index (χ2v) is 8.20. The Kier molecular flexibility index (Phi) is 8.16. The molecule has 1 aliphatic carbocycles. The topological polar surface area (TPSA) is 58.5 Å². The fraction of sp³-hybridized carbons (Fsp3) is 0.789. The van der Waals surface area contributed by atoms with E-state index in [1.807, 2.05) is 7.05 Å². The molecule has 6 heteroatoms. The molecule has 0 bridgehead atoms. The van der Waals surface area contributed by atoms with Crippen LogP contribution in [0, 0.1) is 5.41 Å². The minimum atomic E-state index is 0.360. The maximum absolute atomic E-state index is 5.60. The molecule has 1 saturated carbocycles. The van der Waals surface area contributed by atoms with E-state index in [1.54, 1.807) is 11.3 Å². The third-order valence-corrected chi connectivity index (χ3v) is 5.93. The Hall–Kier alpha value is -1.14. The maximum Gasteiger partial charge on any atom is 0.191 e. The van der Waals surface area contributed by atoms with Gasteiger partial charge in [-0.1, -0.05) is 26.7 Å². The molecule has 2 N–H and O–H groups in total. The van der Waals surface area contributed by atoms with E-state index in [4.69, 9.17) is 4.74 Å². The van der Waals surface area contributed by atoms with Gasteiger partial charge in [-0.05, 0) is 37.5 Å². The molecule has 5 nitrogen and oxygen atoms in total. The van der Waals surface area contributed by atoms with Crippen molar-refractivity contribution in [2.45, 2.75) is 65.3 Å². The molecule has 2 rings (SSSR count). The number of aliphatic imine (C=N–C) groups is 1. The minimum Gasteiger partial charge on any atom is -0.382 e. The monoisotopic (exact) mass is 366 g/mol. The molecular formula is C19H34N4OS. The summed E-state index contributed by atoms with van der Waals surface area (Å²) < 4.78 is 5.60. The minimum absolute atomic E-state index is 0.360. The van der Waals surface area contributed by atoms with Crippen LogP contribution < -0.4 is 10.6 Å². The summed E-state index contributed by atoms with van der Waals surface area (Å²) in [5.74, 6) is 1.35. The zero-order valence-corrected chi connectivity index (χ0v) is 17.0. The molecule has 1 fully saturated rings. The second-order valence-electron chi connectivity index (χ2n) is 7.25. The van der Waals surface area contributed by atoms with Crippen molar-refractivity contribution < 1.29 is 4.74 Å². The lowest BCUT2D eigenvalue weighted by molar-refractivity contribution is 0.105. The van der Waals surface area contributed by atoms with Gasteiger partial charge in [0.2, 0.25) is 0 Å². The van der Waals surface area contributed by atoms with Crippen molar-refractivity contribution in [3.05, 3.63) is 16.1 Å². The molecule has 1 heterocycles. The molecule has 0 amide bonds. The Bertz CT molecular complexity index is 535. The number of hydrogen-bond acceptors (Lipinski definition) is 4. The first-order valence-electron chi connectivity index (χ1n) is 9.55. The molecule has 0 radical (unpaired) electrons. The maximum atomic E-state index is 5.60. The van der Waals surface area contributed by atoms with E-state index in [-0.39, 0.29) is 0 Å². The largest absolute Gasteiger partial charge is 0.382 e. The van der Waals surface area contributed by atoms with Gasteiger partial charge < -0.3 is 15.4 Å². The molecule has 0 atom stereocenters. The summed E-state index contributed by atoms with van der Waals surface area (Å²) >= 11 is 1.71. The van der Waals surface area contributed by atoms with E-state index in [0.29, 0.717) is 11.3 Å². The van der Waals surface area contributed by atoms with Gasteiger partial charge >= 0.3 is 0 Å². The van der Waals surface area contributed by atoms with Gasteiger partial charge in [0.15, 0.2) is 5.96 Å². The predicted molar refractivity (Wildman–Crippen MR) is 106 cm³/mol. The fourth-order valence-electron chi connectivity index (χ4n) is 3.40. The van der Waals surface area contributed by atoms with Gasteiger partial charge in [-0.25, -0.2) is 4.98 Å². The van der Waals surface area contributed by atoms with E-state index in [1.165, 1.54) is 31.4 Å². The van der Waals surface area contributed by atoms with Gasteiger partial charge in [-0.15, -0.1) is 11.3 Å². The van der Waals surface area contributed by atoms with Crippen LogP contribution in [0.3, 0.4) is 0 Å². The number of nitrogens with zero attached hydrogens (tertiary/aromatic N) is 2. The van der Waals surface area contributed by atoms with Crippen LogP contribution in [-0.4, -0.2) is 37.7 Å². The van der Waals surface area contributed by atoms with Gasteiger partial charge in [0, 0.05) is 32.2 Å². The van der Waals surface area contributed by atoms with Crippen LogP contribution in [0.25, 0.3) is 0 Å². The Morgan fingerprint density at radius 3 is 2.72 bits per heavy atom. The van der Waals surface area contributed by atoms with Gasteiger partial charge in [0.05, 0.1) is 12.2 Å². The van der Waals surface area contributed by atoms with Gasteiger partial charge in [-0.2, -0.15) is 0 Å². The molecule has 142 valence electrons. The first-order valence-corrected chi connectivity index (χ1v) is 10.4. The number of hydrogen-bond donors (Lipinski definition) is 2. The third-order valence-electron chi connectivity index (χ3n) is 5.07. The Labute approximate surface area is 156 Å². The van der Waals surface area contributed by atoms with Gasteiger partial charge in [-0.3, -0.25) is 4.99 Å². The highest BCUT2D eigenvalue weighted by Gasteiger charge is 2.33. The second kappa shape index (κ2) is 10.1. The first-order chi connectivity index (χ1) is 12.1. The number of thiazole rings is 1. The first kappa shape index (κ1) is 20.2. The number of nitrogens with one attached hydrogen (secondary N) is 2. The van der Waals surface area contributed by atoms with Crippen molar-refractivity contribution in [1.82, 2.24) is 15.6 Å². The van der Waals surface area contributed by atoms with Crippen molar-refractivity contribution in [2.24, 2.45) is 10.4 Å². The summed E-state index contributed by atoms with van der Waals surface area (Å²) in [5, 5.41) is 10.2. The molecule has 1 aromatic heterocycles. The quantitative estimate of drug-likeness (QED) is 0.395. The number of ether oxygens (including phenoxy) is 1. The molecule has 1 aliphatic rings. The van der Waals surface area contributed by atoms with Crippen LogP contribution in [0.2, 0.25) is 0 Å². The standard InChI is InChI=1S/C19H34N4OS/c1-5-24-11-10-19(8-6-7-9-19)14-22-18(20-4)21-12-17-23-16(13-25-17)15(2)3/h13,15H,5-12,14H2,1-4H3,(H2,20,21,22). The fourth-order valence-corrected chi connectivity index (χ4v) is 4.29. The Morgan fingerprint density at radius 2 is 2.12 bits per heavy atom. The Balaban J connectivity index is 1.81. The van der Waals surface area contributed by atoms with E-state index >= 15 is 0 Å². The van der Waals surface area contributed by atoms with Crippen molar-refractivity contribution in [3.63, 3.8) is 0 Å². The van der Waals surface area contributed by atoms with E-state index in [0.717, 1.165) is 43.7 Å². The lowest BCUT2D eigenvalue weighted by Gasteiger charge is -2.30. The zero-order chi connectivity index (χ0) is 18.1. The van der Waals surface area contributed by atoms with Crippen molar-refractivity contribution in [3.8, 4) is 0 Å². The average Bonchev–Trinajstić information content (AvgIpc) is 3.25. The average molecular weight is 367 g/mol. The van der Waals surface area contributed by atoms with Crippen molar-refractivity contribution >= 4 is 17.3 Å². The lowest BCUT2D eigenvalue weighted by atomic mass is 9.83. The van der Waals surface area contributed by atoms with E-state index < -0.39 is 0 Å².